The number of benzene rings is 3. The van der Waals surface area contributed by atoms with E-state index in [0.29, 0.717) is 29.7 Å². The first kappa shape index (κ1) is 21.3. The van der Waals surface area contributed by atoms with Gasteiger partial charge >= 0.3 is 0 Å². The maximum absolute atomic E-state index is 11.1. The van der Waals surface area contributed by atoms with E-state index in [1.165, 1.54) is 11.3 Å². The van der Waals surface area contributed by atoms with Gasteiger partial charge in [0.05, 0.1) is 18.7 Å². The van der Waals surface area contributed by atoms with E-state index >= 15 is 0 Å². The van der Waals surface area contributed by atoms with Gasteiger partial charge in [0.2, 0.25) is 0 Å². The zero-order chi connectivity index (χ0) is 22.6. The van der Waals surface area contributed by atoms with Crippen molar-refractivity contribution in [2.45, 2.75) is 26.9 Å². The van der Waals surface area contributed by atoms with Crippen LogP contribution < -0.4 is 14.2 Å². The Bertz CT molecular complexity index is 1340. The van der Waals surface area contributed by atoms with Crippen molar-refractivity contribution in [1.82, 2.24) is 4.98 Å². The molecule has 0 radical (unpaired) electrons. The summed E-state index contributed by atoms with van der Waals surface area (Å²) in [5.41, 5.74) is 2.04. The van der Waals surface area contributed by atoms with Crippen molar-refractivity contribution in [3.8, 4) is 27.8 Å². The molecule has 1 aliphatic rings. The number of ether oxygens (including phenoxy) is 3. The van der Waals surface area contributed by atoms with Gasteiger partial charge in [0, 0.05) is 16.1 Å². The zero-order valence-electron chi connectivity index (χ0n) is 18.4. The van der Waals surface area contributed by atoms with Gasteiger partial charge in [-0.2, -0.15) is 0 Å². The lowest BCUT2D eigenvalue weighted by molar-refractivity contribution is 0.0633. The lowest BCUT2D eigenvalue weighted by Crippen LogP contribution is -2.20. The quantitative estimate of drug-likeness (QED) is 0.365. The van der Waals surface area contributed by atoms with Crippen molar-refractivity contribution in [1.29, 1.82) is 0 Å². The molecule has 0 saturated carbocycles. The first-order valence-electron chi connectivity index (χ1n) is 10.4. The highest BCUT2D eigenvalue weighted by Crippen LogP contribution is 2.49. The van der Waals surface area contributed by atoms with Gasteiger partial charge in [-0.15, -0.1) is 11.3 Å². The molecule has 1 aromatic heterocycles. The van der Waals surface area contributed by atoms with E-state index in [0.717, 1.165) is 42.9 Å². The Morgan fingerprint density at radius 1 is 1.12 bits per heavy atom. The predicted octanol–water partition coefficient (Wildman–Crippen LogP) is 6.63. The Morgan fingerprint density at radius 3 is 2.66 bits per heavy atom. The average Bonchev–Trinajstić information content (AvgIpc) is 3.22. The number of fused-ring (bicyclic) bond motifs is 4. The number of nitrogens with zero attached hydrogens (tertiary/aromatic N) is 1. The number of aliphatic hydroxyl groups is 1. The zero-order valence-corrected chi connectivity index (χ0v) is 19.9. The fraction of sp³-hybridized carbons (Fsp3) is 0.320. The van der Waals surface area contributed by atoms with E-state index in [9.17, 15) is 5.11 Å². The summed E-state index contributed by atoms with van der Waals surface area (Å²) in [5, 5.41) is 14.6. The van der Waals surface area contributed by atoms with E-state index in [1.54, 1.807) is 7.11 Å². The van der Waals surface area contributed by atoms with E-state index in [1.807, 2.05) is 57.2 Å². The Hall–Kier alpha value is -2.54. The highest BCUT2D eigenvalue weighted by Gasteiger charge is 2.31. The smallest absolute Gasteiger partial charge is 0.180 e. The minimum Gasteiger partial charge on any atom is -0.497 e. The third-order valence-electron chi connectivity index (χ3n) is 5.67. The monoisotopic (exact) mass is 469 g/mol. The molecule has 5 rings (SSSR count). The second-order valence-electron chi connectivity index (χ2n) is 9.00. The van der Waals surface area contributed by atoms with Crippen LogP contribution in [0.15, 0.2) is 36.4 Å². The summed E-state index contributed by atoms with van der Waals surface area (Å²) in [5.74, 6) is 2.11. The van der Waals surface area contributed by atoms with Crippen molar-refractivity contribution in [2.75, 3.05) is 20.3 Å². The molecule has 0 fully saturated rings. The minimum absolute atomic E-state index is 0.361. The summed E-state index contributed by atoms with van der Waals surface area (Å²) < 4.78 is 18.1. The molecule has 7 heteroatoms. The molecule has 3 aromatic carbocycles. The molecule has 32 heavy (non-hydrogen) atoms. The number of hydrogen-bond acceptors (Lipinski definition) is 6. The van der Waals surface area contributed by atoms with E-state index < -0.39 is 6.10 Å². The Balaban J connectivity index is 1.78. The molecule has 0 spiro atoms. The van der Waals surface area contributed by atoms with Crippen LogP contribution in [0.3, 0.4) is 0 Å². The number of methoxy groups -OCH3 is 1. The first-order chi connectivity index (χ1) is 15.3. The summed E-state index contributed by atoms with van der Waals surface area (Å²) in [6, 6.07) is 11.6. The van der Waals surface area contributed by atoms with Gasteiger partial charge in [0.1, 0.15) is 28.7 Å². The second-order valence-corrected chi connectivity index (χ2v) is 10.4. The maximum Gasteiger partial charge on any atom is 0.180 e. The molecular weight excluding hydrogens is 446 g/mol. The Morgan fingerprint density at radius 2 is 1.91 bits per heavy atom. The van der Waals surface area contributed by atoms with Crippen molar-refractivity contribution >= 4 is 43.9 Å². The number of hydrogen-bond donors (Lipinski definition) is 1. The van der Waals surface area contributed by atoms with Crippen LogP contribution in [0.4, 0.5) is 0 Å². The maximum atomic E-state index is 11.1. The van der Waals surface area contributed by atoms with Crippen LogP contribution in [0.1, 0.15) is 32.4 Å². The van der Waals surface area contributed by atoms with Gasteiger partial charge in [-0.1, -0.05) is 32.4 Å². The van der Waals surface area contributed by atoms with Gasteiger partial charge in [-0.3, -0.25) is 0 Å². The number of rotatable bonds is 3. The molecule has 0 aliphatic carbocycles. The van der Waals surface area contributed by atoms with Crippen LogP contribution in [0.5, 0.6) is 17.2 Å². The largest absolute Gasteiger partial charge is 0.497 e. The predicted molar refractivity (Wildman–Crippen MR) is 130 cm³/mol. The fourth-order valence-electron chi connectivity index (χ4n) is 4.00. The number of aliphatic hydroxyl groups excluding tert-OH is 1. The standard InChI is InChI=1S/C25H24ClNO4S/c1-25(2,3)23(28)18-12-19-21(31-8-7-30-19)22-20(18)27-24(32-22)17-11-14(26)9-13-10-15(29-4)5-6-16(13)17/h5-6,9-12,23,28H,7-8H2,1-4H3. The topological polar surface area (TPSA) is 60.8 Å². The highest BCUT2D eigenvalue weighted by atomic mass is 35.5. The first-order valence-corrected chi connectivity index (χ1v) is 11.6. The van der Waals surface area contributed by atoms with E-state index in [2.05, 4.69) is 0 Å². The van der Waals surface area contributed by atoms with Gasteiger partial charge in [-0.05, 0) is 52.6 Å². The van der Waals surface area contributed by atoms with Crippen LogP contribution in [0, 0.1) is 5.41 Å². The summed E-state index contributed by atoms with van der Waals surface area (Å²) in [6.45, 7) is 6.98. The summed E-state index contributed by atoms with van der Waals surface area (Å²) in [7, 11) is 1.65. The average molecular weight is 470 g/mol. The third-order valence-corrected chi connectivity index (χ3v) is 6.98. The van der Waals surface area contributed by atoms with Crippen molar-refractivity contribution < 1.29 is 19.3 Å². The molecular formula is C25H24ClNO4S. The molecule has 0 amide bonds. The SMILES string of the molecule is COc1ccc2c(-c3nc4c(C(O)C(C)(C)C)cc5c(c4s3)OCCO5)cc(Cl)cc2c1. The minimum atomic E-state index is -0.712. The molecule has 1 N–H and O–H groups in total. The second kappa shape index (κ2) is 7.80. The summed E-state index contributed by atoms with van der Waals surface area (Å²) >= 11 is 8.00. The van der Waals surface area contributed by atoms with Crippen LogP contribution in [0.2, 0.25) is 5.02 Å². The lowest BCUT2D eigenvalue weighted by Gasteiger charge is -2.28. The van der Waals surface area contributed by atoms with Gasteiger partial charge in [0.15, 0.2) is 11.5 Å². The van der Waals surface area contributed by atoms with Gasteiger partial charge in [-0.25, -0.2) is 4.98 Å². The third kappa shape index (κ3) is 3.56. The number of aromatic nitrogens is 1. The fourth-order valence-corrected chi connectivity index (χ4v) is 5.35. The summed E-state index contributed by atoms with van der Waals surface area (Å²) in [4.78, 5) is 4.99. The lowest BCUT2D eigenvalue weighted by atomic mass is 9.84. The van der Waals surface area contributed by atoms with E-state index in [-0.39, 0.29) is 5.41 Å². The van der Waals surface area contributed by atoms with Crippen molar-refractivity contribution in [2.24, 2.45) is 5.41 Å². The molecule has 1 aliphatic heterocycles. The molecule has 1 unspecified atom stereocenters. The normalized spacial score (nSPS) is 14.7. The van der Waals surface area contributed by atoms with E-state index in [4.69, 9.17) is 30.8 Å². The van der Waals surface area contributed by atoms with Gasteiger partial charge in [0.25, 0.3) is 0 Å². The van der Waals surface area contributed by atoms with Crippen LogP contribution >= 0.6 is 22.9 Å². The van der Waals surface area contributed by atoms with Crippen molar-refractivity contribution in [3.63, 3.8) is 0 Å². The molecule has 0 saturated heterocycles. The van der Waals surface area contributed by atoms with Crippen LogP contribution in [-0.2, 0) is 0 Å². The highest BCUT2D eigenvalue weighted by molar-refractivity contribution is 7.22. The Labute approximate surface area is 195 Å². The molecule has 2 heterocycles. The van der Waals surface area contributed by atoms with Gasteiger partial charge < -0.3 is 19.3 Å². The summed E-state index contributed by atoms with van der Waals surface area (Å²) in [6.07, 6.45) is -0.712. The molecule has 166 valence electrons. The van der Waals surface area contributed by atoms with Crippen LogP contribution in [0.25, 0.3) is 31.6 Å². The number of thiazole rings is 1. The molecule has 4 aromatic rings. The van der Waals surface area contributed by atoms with Crippen molar-refractivity contribution in [3.05, 3.63) is 47.0 Å². The molecule has 1 atom stereocenters. The van der Waals surface area contributed by atoms with Crippen LogP contribution in [-0.4, -0.2) is 30.4 Å². The Kier molecular flexibility index (Phi) is 5.19. The number of halogens is 1. The molecule has 5 nitrogen and oxygen atoms in total. The molecule has 0 bridgehead atoms.